The molecule has 3 heterocycles. The Labute approximate surface area is 158 Å². The monoisotopic (exact) mass is 373 g/mol. The Morgan fingerprint density at radius 2 is 1.85 bits per heavy atom. The van der Waals surface area contributed by atoms with E-state index in [0.717, 1.165) is 15.8 Å². The molecule has 1 aliphatic rings. The largest absolute Gasteiger partial charge is 0.454 e. The van der Waals surface area contributed by atoms with Crippen LogP contribution in [0.5, 0.6) is 23.1 Å². The number of rotatable bonds is 3. The first kappa shape index (κ1) is 15.6. The number of fused-ring (bicyclic) bond motifs is 2. The summed E-state index contributed by atoms with van der Waals surface area (Å²) >= 11 is 1.52. The average Bonchev–Trinajstić information content (AvgIpc) is 3.37. The van der Waals surface area contributed by atoms with Crippen molar-refractivity contribution in [3.63, 3.8) is 0 Å². The summed E-state index contributed by atoms with van der Waals surface area (Å²) in [7, 11) is 0. The van der Waals surface area contributed by atoms with Crippen molar-refractivity contribution in [2.45, 2.75) is 0 Å². The van der Waals surface area contributed by atoms with Crippen molar-refractivity contribution >= 4 is 21.6 Å². The first-order valence-corrected chi connectivity index (χ1v) is 9.01. The number of ether oxygens (including phenoxy) is 3. The van der Waals surface area contributed by atoms with E-state index in [0.29, 0.717) is 34.5 Å². The summed E-state index contributed by atoms with van der Waals surface area (Å²) in [5, 5.41) is 10.9. The lowest BCUT2D eigenvalue weighted by Crippen LogP contribution is -1.95. The molecule has 5 rings (SSSR count). The van der Waals surface area contributed by atoms with Gasteiger partial charge < -0.3 is 14.2 Å². The Kier molecular flexibility index (Phi) is 3.62. The van der Waals surface area contributed by atoms with E-state index >= 15 is 0 Å². The Morgan fingerprint density at radius 1 is 1.00 bits per heavy atom. The SMILES string of the molecule is N#Cc1ccc(Oc2nc(-c3ccc4c(c3)OCO4)nc3ccsc23)cc1. The van der Waals surface area contributed by atoms with E-state index in [1.165, 1.54) is 11.3 Å². The fourth-order valence-electron chi connectivity index (χ4n) is 2.78. The molecule has 2 aromatic heterocycles. The van der Waals surface area contributed by atoms with Crippen molar-refractivity contribution in [3.05, 3.63) is 59.5 Å². The van der Waals surface area contributed by atoms with Gasteiger partial charge in [0.15, 0.2) is 17.3 Å². The zero-order chi connectivity index (χ0) is 18.2. The molecule has 0 atom stereocenters. The number of benzene rings is 2. The molecule has 1 aliphatic heterocycles. The van der Waals surface area contributed by atoms with Crippen LogP contribution in [0, 0.1) is 11.3 Å². The minimum absolute atomic E-state index is 0.219. The number of aromatic nitrogens is 2. The molecule has 0 bridgehead atoms. The maximum absolute atomic E-state index is 8.93. The fraction of sp³-hybridized carbons (Fsp3) is 0.0500. The first-order chi connectivity index (χ1) is 13.3. The zero-order valence-electron chi connectivity index (χ0n) is 13.9. The molecular weight excluding hydrogens is 362 g/mol. The normalized spacial score (nSPS) is 12.1. The predicted molar refractivity (Wildman–Crippen MR) is 100 cm³/mol. The molecule has 0 amide bonds. The van der Waals surface area contributed by atoms with Crippen LogP contribution in [0.3, 0.4) is 0 Å². The molecule has 130 valence electrons. The number of hydrogen-bond donors (Lipinski definition) is 0. The summed E-state index contributed by atoms with van der Waals surface area (Å²) in [4.78, 5) is 9.26. The second kappa shape index (κ2) is 6.27. The lowest BCUT2D eigenvalue weighted by molar-refractivity contribution is 0.174. The van der Waals surface area contributed by atoms with Crippen molar-refractivity contribution < 1.29 is 14.2 Å². The van der Waals surface area contributed by atoms with Gasteiger partial charge in [0.1, 0.15) is 10.4 Å². The topological polar surface area (TPSA) is 77.3 Å². The molecule has 6 nitrogen and oxygen atoms in total. The molecule has 27 heavy (non-hydrogen) atoms. The summed E-state index contributed by atoms with van der Waals surface area (Å²) < 4.78 is 17.7. The molecule has 0 spiro atoms. The Bertz CT molecular complexity index is 1200. The van der Waals surface area contributed by atoms with Crippen LogP contribution >= 0.6 is 11.3 Å². The first-order valence-electron chi connectivity index (χ1n) is 8.13. The molecule has 0 radical (unpaired) electrons. The van der Waals surface area contributed by atoms with E-state index in [2.05, 4.69) is 16.0 Å². The average molecular weight is 373 g/mol. The van der Waals surface area contributed by atoms with Crippen LogP contribution in [-0.4, -0.2) is 16.8 Å². The maximum atomic E-state index is 8.93. The number of thiophene rings is 1. The summed E-state index contributed by atoms with van der Waals surface area (Å²) in [5.41, 5.74) is 2.20. The van der Waals surface area contributed by atoms with Crippen LogP contribution in [-0.2, 0) is 0 Å². The van der Waals surface area contributed by atoms with E-state index in [9.17, 15) is 0 Å². The van der Waals surface area contributed by atoms with Gasteiger partial charge in [0, 0.05) is 5.56 Å². The molecule has 7 heteroatoms. The van der Waals surface area contributed by atoms with Gasteiger partial charge in [-0.25, -0.2) is 4.98 Å². The molecule has 0 N–H and O–H groups in total. The van der Waals surface area contributed by atoms with E-state index in [4.69, 9.17) is 19.5 Å². The van der Waals surface area contributed by atoms with Crippen LogP contribution in [0.15, 0.2) is 53.9 Å². The third-order valence-electron chi connectivity index (χ3n) is 4.10. The highest BCUT2D eigenvalue weighted by molar-refractivity contribution is 7.17. The minimum Gasteiger partial charge on any atom is -0.454 e. The van der Waals surface area contributed by atoms with Crippen molar-refractivity contribution in [3.8, 4) is 40.6 Å². The Morgan fingerprint density at radius 3 is 2.70 bits per heavy atom. The summed E-state index contributed by atoms with van der Waals surface area (Å²) in [6, 6.07) is 16.6. The Balaban J connectivity index is 1.57. The van der Waals surface area contributed by atoms with Crippen LogP contribution in [0.1, 0.15) is 5.56 Å². The van der Waals surface area contributed by atoms with Gasteiger partial charge in [0.05, 0.1) is 17.1 Å². The fourth-order valence-corrected chi connectivity index (χ4v) is 3.54. The van der Waals surface area contributed by atoms with Crippen molar-refractivity contribution in [1.29, 1.82) is 5.26 Å². The van der Waals surface area contributed by atoms with E-state index in [-0.39, 0.29) is 6.79 Å². The van der Waals surface area contributed by atoms with Crippen molar-refractivity contribution in [2.24, 2.45) is 0 Å². The van der Waals surface area contributed by atoms with Crippen LogP contribution in [0.4, 0.5) is 0 Å². The molecule has 4 aromatic rings. The van der Waals surface area contributed by atoms with Gasteiger partial charge in [-0.3, -0.25) is 0 Å². The lowest BCUT2D eigenvalue weighted by Gasteiger charge is -2.08. The van der Waals surface area contributed by atoms with E-state index < -0.39 is 0 Å². The highest BCUT2D eigenvalue weighted by atomic mass is 32.1. The van der Waals surface area contributed by atoms with E-state index in [1.807, 2.05) is 29.6 Å². The van der Waals surface area contributed by atoms with Gasteiger partial charge >= 0.3 is 0 Å². The molecule has 0 saturated carbocycles. The quantitative estimate of drug-likeness (QED) is 0.516. The highest BCUT2D eigenvalue weighted by Gasteiger charge is 2.17. The second-order valence-electron chi connectivity index (χ2n) is 5.79. The molecular formula is C20H11N3O3S. The summed E-state index contributed by atoms with van der Waals surface area (Å²) in [5.74, 6) is 3.02. The predicted octanol–water partition coefficient (Wildman–Crippen LogP) is 4.75. The smallest absolute Gasteiger partial charge is 0.240 e. The minimum atomic E-state index is 0.219. The number of nitriles is 1. The molecule has 0 fully saturated rings. The highest BCUT2D eigenvalue weighted by Crippen LogP contribution is 2.37. The summed E-state index contributed by atoms with van der Waals surface area (Å²) in [6.45, 7) is 0.219. The van der Waals surface area contributed by atoms with Gasteiger partial charge in [-0.15, -0.1) is 11.3 Å². The zero-order valence-corrected chi connectivity index (χ0v) is 14.7. The molecule has 0 aliphatic carbocycles. The Hall–Kier alpha value is -3.63. The molecule has 2 aromatic carbocycles. The number of hydrogen-bond acceptors (Lipinski definition) is 7. The maximum Gasteiger partial charge on any atom is 0.240 e. The van der Waals surface area contributed by atoms with Gasteiger partial charge in [0.25, 0.3) is 0 Å². The van der Waals surface area contributed by atoms with Crippen LogP contribution in [0.2, 0.25) is 0 Å². The van der Waals surface area contributed by atoms with Gasteiger partial charge in [-0.1, -0.05) is 0 Å². The third kappa shape index (κ3) is 2.82. The molecule has 0 saturated heterocycles. The standard InChI is InChI=1S/C20H11N3O3S/c21-10-12-1-4-14(5-2-12)26-20-18-15(7-8-27-18)22-19(23-20)13-3-6-16-17(9-13)25-11-24-16/h1-9H,11H2. The summed E-state index contributed by atoms with van der Waals surface area (Å²) in [6.07, 6.45) is 0. The van der Waals surface area contributed by atoms with Gasteiger partial charge in [-0.05, 0) is 53.9 Å². The van der Waals surface area contributed by atoms with Gasteiger partial charge in [-0.2, -0.15) is 10.2 Å². The van der Waals surface area contributed by atoms with Crippen molar-refractivity contribution in [1.82, 2.24) is 9.97 Å². The van der Waals surface area contributed by atoms with Crippen molar-refractivity contribution in [2.75, 3.05) is 6.79 Å². The lowest BCUT2D eigenvalue weighted by atomic mass is 10.2. The van der Waals surface area contributed by atoms with E-state index in [1.54, 1.807) is 24.3 Å². The molecule has 0 unspecified atom stereocenters. The third-order valence-corrected chi connectivity index (χ3v) is 4.99. The van der Waals surface area contributed by atoms with Gasteiger partial charge in [0.2, 0.25) is 12.7 Å². The van der Waals surface area contributed by atoms with Crippen LogP contribution < -0.4 is 14.2 Å². The van der Waals surface area contributed by atoms with Crippen LogP contribution in [0.25, 0.3) is 21.6 Å². The number of nitrogens with zero attached hydrogens (tertiary/aromatic N) is 3. The second-order valence-corrected chi connectivity index (χ2v) is 6.71.